The van der Waals surface area contributed by atoms with Gasteiger partial charge >= 0.3 is 0 Å². The number of rotatable bonds is 7. The average molecular weight is 455 g/mol. The highest BCUT2D eigenvalue weighted by atomic mass is 35.5. The molecule has 0 radical (unpaired) electrons. The summed E-state index contributed by atoms with van der Waals surface area (Å²) in [6.07, 6.45) is 3.20. The van der Waals surface area contributed by atoms with E-state index in [1.165, 1.54) is 17.5 Å². The number of halogens is 1. The number of nitrogens with one attached hydrogen (secondary N) is 1. The van der Waals surface area contributed by atoms with Crippen molar-refractivity contribution in [2.45, 2.75) is 6.54 Å². The maximum Gasteiger partial charge on any atom is 0.260 e. The number of carbonyl (C=O) groups excluding carboxylic acids is 1. The van der Waals surface area contributed by atoms with Crippen molar-refractivity contribution >= 4 is 34.0 Å². The molecule has 2 aromatic carbocycles. The molecule has 0 spiro atoms. The molecule has 0 bridgehead atoms. The molecule has 0 saturated heterocycles. The number of hydrogen-bond acceptors (Lipinski definition) is 6. The van der Waals surface area contributed by atoms with E-state index in [0.717, 1.165) is 11.1 Å². The van der Waals surface area contributed by atoms with Crippen molar-refractivity contribution in [3.8, 4) is 22.8 Å². The fourth-order valence-electron chi connectivity index (χ4n) is 3.01. The van der Waals surface area contributed by atoms with Crippen LogP contribution >= 0.6 is 22.9 Å². The highest BCUT2D eigenvalue weighted by molar-refractivity contribution is 7.14. The van der Waals surface area contributed by atoms with Gasteiger partial charge in [-0.05, 0) is 29.8 Å². The van der Waals surface area contributed by atoms with Crippen LogP contribution in [0.2, 0.25) is 5.02 Å². The van der Waals surface area contributed by atoms with E-state index in [2.05, 4.69) is 15.4 Å². The van der Waals surface area contributed by atoms with Crippen LogP contribution in [0.4, 0.5) is 5.13 Å². The SMILES string of the molecule is COc1ccc(OC)c(-c2csc(NC(=O)c3cnn(Cc4ccccc4Cl)c3)n2)c1. The lowest BCUT2D eigenvalue weighted by atomic mass is 10.1. The predicted molar refractivity (Wildman–Crippen MR) is 121 cm³/mol. The number of carbonyl (C=O) groups is 1. The monoisotopic (exact) mass is 454 g/mol. The summed E-state index contributed by atoms with van der Waals surface area (Å²) in [6.45, 7) is 0.476. The Balaban J connectivity index is 1.48. The number of thiazole rings is 1. The molecule has 4 aromatic rings. The quantitative estimate of drug-likeness (QED) is 0.426. The summed E-state index contributed by atoms with van der Waals surface area (Å²) in [6, 6.07) is 13.0. The van der Waals surface area contributed by atoms with E-state index in [1.807, 2.05) is 47.8 Å². The highest BCUT2D eigenvalue weighted by Gasteiger charge is 2.15. The number of nitrogens with zero attached hydrogens (tertiary/aromatic N) is 3. The van der Waals surface area contributed by atoms with Gasteiger partial charge in [0.1, 0.15) is 11.5 Å². The third-order valence-electron chi connectivity index (χ3n) is 4.59. The van der Waals surface area contributed by atoms with Crippen LogP contribution in [0.15, 0.2) is 60.2 Å². The Morgan fingerprint density at radius 2 is 2.03 bits per heavy atom. The molecule has 31 heavy (non-hydrogen) atoms. The van der Waals surface area contributed by atoms with Gasteiger partial charge in [0.2, 0.25) is 0 Å². The first-order valence-corrected chi connectivity index (χ1v) is 10.6. The molecule has 1 amide bonds. The zero-order valence-electron chi connectivity index (χ0n) is 16.8. The maximum atomic E-state index is 12.6. The van der Waals surface area contributed by atoms with Crippen LogP contribution in [0.1, 0.15) is 15.9 Å². The fourth-order valence-corrected chi connectivity index (χ4v) is 3.91. The van der Waals surface area contributed by atoms with Crippen LogP contribution in [0.25, 0.3) is 11.3 Å². The van der Waals surface area contributed by atoms with Crippen LogP contribution in [-0.4, -0.2) is 34.9 Å². The first-order valence-electron chi connectivity index (χ1n) is 9.32. The average Bonchev–Trinajstić information content (AvgIpc) is 3.44. The largest absolute Gasteiger partial charge is 0.497 e. The number of ether oxygens (including phenoxy) is 2. The summed E-state index contributed by atoms with van der Waals surface area (Å²) in [7, 11) is 3.20. The van der Waals surface area contributed by atoms with Gasteiger partial charge in [0.25, 0.3) is 5.91 Å². The molecule has 0 aliphatic rings. The molecule has 4 rings (SSSR count). The molecule has 0 aliphatic heterocycles. The minimum atomic E-state index is -0.288. The molecule has 2 heterocycles. The summed E-state index contributed by atoms with van der Waals surface area (Å²) >= 11 is 7.53. The van der Waals surface area contributed by atoms with Gasteiger partial charge in [-0.25, -0.2) is 4.98 Å². The van der Waals surface area contributed by atoms with E-state index < -0.39 is 0 Å². The van der Waals surface area contributed by atoms with E-state index in [9.17, 15) is 4.79 Å². The van der Waals surface area contributed by atoms with Crippen molar-refractivity contribution in [3.05, 3.63) is 76.4 Å². The van der Waals surface area contributed by atoms with Crippen molar-refractivity contribution in [2.75, 3.05) is 19.5 Å². The van der Waals surface area contributed by atoms with E-state index in [4.69, 9.17) is 21.1 Å². The number of benzene rings is 2. The Hall–Kier alpha value is -3.36. The Kier molecular flexibility index (Phi) is 6.20. The standard InChI is InChI=1S/C22H19ClN4O3S/c1-29-16-7-8-20(30-2)17(9-16)19-13-31-22(25-19)26-21(28)15-10-24-27(12-15)11-14-5-3-4-6-18(14)23/h3-10,12-13H,11H2,1-2H3,(H,25,26,28). The highest BCUT2D eigenvalue weighted by Crippen LogP contribution is 2.35. The number of anilines is 1. The van der Waals surface area contributed by atoms with Gasteiger partial charge < -0.3 is 9.47 Å². The predicted octanol–water partition coefficient (Wildman–Crippen LogP) is 4.98. The van der Waals surface area contributed by atoms with E-state index in [-0.39, 0.29) is 5.91 Å². The van der Waals surface area contributed by atoms with Gasteiger partial charge in [-0.2, -0.15) is 5.10 Å². The van der Waals surface area contributed by atoms with Gasteiger partial charge in [0, 0.05) is 22.2 Å². The van der Waals surface area contributed by atoms with Crippen LogP contribution < -0.4 is 14.8 Å². The van der Waals surface area contributed by atoms with Gasteiger partial charge in [0.05, 0.1) is 38.2 Å². The van der Waals surface area contributed by atoms with Gasteiger partial charge in [0.15, 0.2) is 5.13 Å². The van der Waals surface area contributed by atoms with E-state index in [1.54, 1.807) is 25.1 Å². The topological polar surface area (TPSA) is 78.3 Å². The molecule has 2 aromatic heterocycles. The third-order valence-corrected chi connectivity index (χ3v) is 5.72. The Bertz CT molecular complexity index is 1220. The summed E-state index contributed by atoms with van der Waals surface area (Å²) in [5.41, 5.74) is 2.83. The normalized spacial score (nSPS) is 10.7. The minimum Gasteiger partial charge on any atom is -0.497 e. The molecular weight excluding hydrogens is 436 g/mol. The third kappa shape index (κ3) is 4.70. The first kappa shape index (κ1) is 20.9. The number of hydrogen-bond donors (Lipinski definition) is 1. The molecule has 0 unspecified atom stereocenters. The first-order chi connectivity index (χ1) is 15.1. The smallest absolute Gasteiger partial charge is 0.260 e. The van der Waals surface area contributed by atoms with Gasteiger partial charge in [-0.3, -0.25) is 14.8 Å². The maximum absolute atomic E-state index is 12.6. The molecule has 0 fully saturated rings. The van der Waals surface area contributed by atoms with Crippen LogP contribution in [-0.2, 0) is 6.54 Å². The lowest BCUT2D eigenvalue weighted by molar-refractivity contribution is 0.102. The molecular formula is C22H19ClN4O3S. The molecule has 158 valence electrons. The second-order valence-electron chi connectivity index (χ2n) is 6.58. The van der Waals surface area contributed by atoms with Crippen molar-refractivity contribution in [2.24, 2.45) is 0 Å². The second kappa shape index (κ2) is 9.20. The van der Waals surface area contributed by atoms with Crippen molar-refractivity contribution in [1.29, 1.82) is 0 Å². The summed E-state index contributed by atoms with van der Waals surface area (Å²) in [4.78, 5) is 17.2. The van der Waals surface area contributed by atoms with Crippen LogP contribution in [0.3, 0.4) is 0 Å². The van der Waals surface area contributed by atoms with Crippen LogP contribution in [0.5, 0.6) is 11.5 Å². The molecule has 9 heteroatoms. The zero-order valence-corrected chi connectivity index (χ0v) is 18.4. The van der Waals surface area contributed by atoms with Gasteiger partial charge in [-0.1, -0.05) is 29.8 Å². The molecule has 0 atom stereocenters. The molecule has 1 N–H and O–H groups in total. The van der Waals surface area contributed by atoms with E-state index >= 15 is 0 Å². The fraction of sp³-hybridized carbons (Fsp3) is 0.136. The summed E-state index contributed by atoms with van der Waals surface area (Å²) in [5.74, 6) is 1.08. The van der Waals surface area contributed by atoms with Crippen LogP contribution in [0, 0.1) is 0 Å². The second-order valence-corrected chi connectivity index (χ2v) is 7.84. The summed E-state index contributed by atoms with van der Waals surface area (Å²) < 4.78 is 12.4. The molecule has 0 aliphatic carbocycles. The van der Waals surface area contributed by atoms with Crippen molar-refractivity contribution in [3.63, 3.8) is 0 Å². The summed E-state index contributed by atoms with van der Waals surface area (Å²) in [5, 5.41) is 10.1. The molecule has 0 saturated carbocycles. The lowest BCUT2D eigenvalue weighted by Crippen LogP contribution is -2.11. The number of aromatic nitrogens is 3. The molecule has 7 nitrogen and oxygen atoms in total. The lowest BCUT2D eigenvalue weighted by Gasteiger charge is -2.08. The minimum absolute atomic E-state index is 0.288. The van der Waals surface area contributed by atoms with Crippen molar-refractivity contribution < 1.29 is 14.3 Å². The Morgan fingerprint density at radius 1 is 1.19 bits per heavy atom. The van der Waals surface area contributed by atoms with E-state index in [0.29, 0.717) is 39.5 Å². The number of methoxy groups -OCH3 is 2. The Morgan fingerprint density at radius 3 is 2.81 bits per heavy atom. The zero-order chi connectivity index (χ0) is 21.8. The van der Waals surface area contributed by atoms with Crippen molar-refractivity contribution in [1.82, 2.24) is 14.8 Å². The Labute approximate surface area is 188 Å². The van der Waals surface area contributed by atoms with Gasteiger partial charge in [-0.15, -0.1) is 11.3 Å². The number of amides is 1.